The van der Waals surface area contributed by atoms with Gasteiger partial charge in [0.05, 0.1) is 8.93 Å². The van der Waals surface area contributed by atoms with Crippen LogP contribution in [0.4, 0.5) is 4.79 Å². The van der Waals surface area contributed by atoms with Crippen LogP contribution in [0.1, 0.15) is 65.7 Å². The van der Waals surface area contributed by atoms with Crippen LogP contribution in [-0.2, 0) is 14.3 Å². The van der Waals surface area contributed by atoms with Crippen molar-refractivity contribution in [3.63, 3.8) is 0 Å². The van der Waals surface area contributed by atoms with E-state index in [2.05, 4.69) is 26.1 Å². The Bertz CT molecular complexity index is 827. The Morgan fingerprint density at radius 2 is 1.94 bits per heavy atom. The quantitative estimate of drug-likeness (QED) is 0.268. The van der Waals surface area contributed by atoms with Crippen molar-refractivity contribution >= 4 is 34.0 Å². The average Bonchev–Trinajstić information content (AvgIpc) is 3.11. The van der Waals surface area contributed by atoms with Crippen molar-refractivity contribution in [3.05, 3.63) is 12.7 Å². The van der Waals surface area contributed by atoms with Crippen LogP contribution < -0.4 is 16.4 Å². The molecule has 0 radical (unpaired) electrons. The maximum Gasteiger partial charge on any atom is 0.408 e. The van der Waals surface area contributed by atoms with Crippen LogP contribution in [0.2, 0.25) is 0 Å². The number of likely N-dealkylation sites (tertiary alicyclic amines) is 1. The van der Waals surface area contributed by atoms with E-state index >= 15 is 0 Å². The first-order valence-corrected chi connectivity index (χ1v) is 16.2. The summed E-state index contributed by atoms with van der Waals surface area (Å²) in [6, 6.07) is -1.49. The summed E-state index contributed by atoms with van der Waals surface area (Å²) in [4.78, 5) is 52.5. The van der Waals surface area contributed by atoms with E-state index in [1.165, 1.54) is 0 Å². The highest BCUT2D eigenvalue weighted by molar-refractivity contribution is 8.22. The lowest BCUT2D eigenvalue weighted by molar-refractivity contribution is -0.142. The molecule has 1 aliphatic heterocycles. The van der Waals surface area contributed by atoms with Gasteiger partial charge >= 0.3 is 6.09 Å². The molecule has 3 fully saturated rings. The number of ether oxygens (including phenoxy) is 1. The highest BCUT2D eigenvalue weighted by atomic mass is 32.1. The predicted molar refractivity (Wildman–Crippen MR) is 142 cm³/mol. The molecule has 3 amide bonds. The molecule has 0 aromatic rings. The monoisotopic (exact) mass is 529 g/mol. The molecule has 2 saturated carbocycles. The van der Waals surface area contributed by atoms with Crippen molar-refractivity contribution in [2.75, 3.05) is 19.3 Å². The number of alkyl carbamates (subject to hydrolysis) is 1. The molecule has 0 aromatic heterocycles. The van der Waals surface area contributed by atoms with Crippen LogP contribution in [0, 0.1) is 11.3 Å². The molecule has 2 aliphatic carbocycles. The van der Waals surface area contributed by atoms with Gasteiger partial charge in [-0.25, -0.2) is 9.69 Å². The van der Waals surface area contributed by atoms with Gasteiger partial charge in [0, 0.05) is 25.4 Å². The van der Waals surface area contributed by atoms with E-state index in [4.69, 9.17) is 10.5 Å². The van der Waals surface area contributed by atoms with Crippen molar-refractivity contribution in [2.45, 2.75) is 89.2 Å². The number of nitrogens with zero attached hydrogens (tertiary/aromatic N) is 1. The van der Waals surface area contributed by atoms with Gasteiger partial charge in [-0.3, -0.25) is 9.59 Å². The topological polar surface area (TPSA) is 134 Å². The molecular formula is C24H43N4O5P2+. The van der Waals surface area contributed by atoms with Gasteiger partial charge in [-0.15, -0.1) is 6.58 Å². The normalized spacial score (nSPS) is 29.3. The minimum atomic E-state index is -2.61. The zero-order chi connectivity index (χ0) is 26.0. The first kappa shape index (κ1) is 28.3. The molecule has 3 aliphatic rings. The average molecular weight is 530 g/mol. The number of nitrogens with one attached hydrogen (secondary N) is 2. The van der Waals surface area contributed by atoms with Crippen LogP contribution in [0.25, 0.3) is 0 Å². The van der Waals surface area contributed by atoms with Gasteiger partial charge < -0.3 is 26.0 Å². The Kier molecular flexibility index (Phi) is 8.90. The lowest BCUT2D eigenvalue weighted by Gasteiger charge is -2.36. The lowest BCUT2D eigenvalue weighted by Crippen LogP contribution is -2.58. The van der Waals surface area contributed by atoms with Crippen molar-refractivity contribution in [3.8, 4) is 0 Å². The second-order valence-electron chi connectivity index (χ2n) is 11.2. The van der Waals surface area contributed by atoms with Crippen LogP contribution in [0.5, 0.6) is 0 Å². The fraction of sp³-hybridized carbons (Fsp3) is 0.792. The van der Waals surface area contributed by atoms with Crippen molar-refractivity contribution in [1.29, 1.82) is 0 Å². The zero-order valence-corrected chi connectivity index (χ0v) is 23.3. The van der Waals surface area contributed by atoms with Gasteiger partial charge in [-0.2, -0.15) is 0 Å². The third kappa shape index (κ3) is 6.18. The lowest BCUT2D eigenvalue weighted by atomic mass is 9.85. The largest absolute Gasteiger partial charge is 0.446 e. The molecule has 11 heteroatoms. The Morgan fingerprint density at radius 3 is 2.49 bits per heavy atom. The summed E-state index contributed by atoms with van der Waals surface area (Å²) >= 11 is 0. The summed E-state index contributed by atoms with van der Waals surface area (Å²) in [5.41, 5.74) is 5.15. The molecule has 198 valence electrons. The number of hydrogen-bond donors (Lipinski definition) is 4. The molecule has 0 bridgehead atoms. The van der Waals surface area contributed by atoms with E-state index in [9.17, 15) is 19.3 Å². The SMILES string of the molecule is C=CC1C[C@]1(NC(=O)[C@@H]1CCCN1C(=O)C(NC(=O)OC1CCCC1)C(C)(C)C)[P+](O)(P)CCN. The predicted octanol–water partition coefficient (Wildman–Crippen LogP) is 2.75. The van der Waals surface area contributed by atoms with E-state index in [0.29, 0.717) is 38.5 Å². The maximum absolute atomic E-state index is 13.7. The minimum absolute atomic E-state index is 0.0336. The maximum atomic E-state index is 13.7. The number of hydrogen-bond acceptors (Lipinski definition) is 6. The van der Waals surface area contributed by atoms with Crippen LogP contribution in [0.15, 0.2) is 12.7 Å². The fourth-order valence-corrected chi connectivity index (χ4v) is 9.18. The number of amides is 3. The number of nitrogens with two attached hydrogens (primary N) is 1. The fourth-order valence-electron chi connectivity index (χ4n) is 5.36. The summed E-state index contributed by atoms with van der Waals surface area (Å²) < 4.78 is 5.54. The number of carbonyl (C=O) groups is 3. The van der Waals surface area contributed by atoms with E-state index in [0.717, 1.165) is 25.7 Å². The molecule has 6 atom stereocenters. The summed E-state index contributed by atoms with van der Waals surface area (Å²) in [7, 11) is -0.0631. The highest BCUT2D eigenvalue weighted by Crippen LogP contribution is 2.81. The summed E-state index contributed by atoms with van der Waals surface area (Å²) in [5, 5.41) is 5.12. The van der Waals surface area contributed by atoms with Gasteiger partial charge in [-0.05, 0) is 43.9 Å². The van der Waals surface area contributed by atoms with Gasteiger partial charge in [0.15, 0.2) is 12.5 Å². The molecule has 0 aromatic carbocycles. The van der Waals surface area contributed by atoms with Crippen LogP contribution >= 0.6 is 16.1 Å². The standard InChI is InChI=1S/C24H42N4O5P2/c1-5-16-15-24(16,35(32,34)14-12-25)27-20(29)18-11-8-13-28(18)21(30)19(23(2,3)4)26-22(31)33-17-9-6-7-10-17/h5,16-19,32H,1,6-15,25,34H2,2-4H3,(H-,26,27,29,31)/p+1/t16?,18-,19?,24-,35?/m0/s1. The second kappa shape index (κ2) is 11.0. The summed E-state index contributed by atoms with van der Waals surface area (Å²) in [5.74, 6) is -0.602. The third-order valence-electron chi connectivity index (χ3n) is 7.56. The van der Waals surface area contributed by atoms with E-state index in [1.807, 2.05) is 20.8 Å². The van der Waals surface area contributed by atoms with Gasteiger partial charge in [0.25, 0.3) is 0 Å². The van der Waals surface area contributed by atoms with E-state index < -0.39 is 36.0 Å². The zero-order valence-electron chi connectivity index (χ0n) is 21.3. The molecule has 0 spiro atoms. The number of carbonyl (C=O) groups excluding carboxylic acids is 3. The molecule has 3 rings (SSSR count). The first-order chi connectivity index (χ1) is 16.4. The molecule has 5 N–H and O–H groups in total. The van der Waals surface area contributed by atoms with Crippen LogP contribution in [-0.4, -0.2) is 70.4 Å². The van der Waals surface area contributed by atoms with Crippen molar-refractivity contribution in [1.82, 2.24) is 15.5 Å². The smallest absolute Gasteiger partial charge is 0.408 e. The number of rotatable bonds is 9. The van der Waals surface area contributed by atoms with E-state index in [1.54, 1.807) is 11.0 Å². The Labute approximate surface area is 211 Å². The summed E-state index contributed by atoms with van der Waals surface area (Å²) in [6.45, 7) is 10.3. The van der Waals surface area contributed by atoms with Gasteiger partial charge in [0.2, 0.25) is 11.8 Å². The first-order valence-electron chi connectivity index (χ1n) is 12.7. The summed E-state index contributed by atoms with van der Waals surface area (Å²) in [6.07, 6.45) is 7.07. The molecular weight excluding hydrogens is 486 g/mol. The minimum Gasteiger partial charge on any atom is -0.446 e. The molecule has 1 heterocycles. The molecule has 35 heavy (non-hydrogen) atoms. The third-order valence-corrected chi connectivity index (χ3v) is 12.7. The Morgan fingerprint density at radius 1 is 1.29 bits per heavy atom. The highest BCUT2D eigenvalue weighted by Gasteiger charge is 2.71. The Hall–Kier alpha value is -1.27. The molecule has 1 saturated heterocycles. The molecule has 9 nitrogen and oxygen atoms in total. The Balaban J connectivity index is 1.72. The van der Waals surface area contributed by atoms with Gasteiger partial charge in [-0.1, -0.05) is 26.8 Å². The molecule has 4 unspecified atom stereocenters. The van der Waals surface area contributed by atoms with E-state index in [-0.39, 0.29) is 23.8 Å². The van der Waals surface area contributed by atoms with Gasteiger partial charge in [0.1, 0.15) is 24.3 Å². The second-order valence-corrected chi connectivity index (χ2v) is 16.7. The van der Waals surface area contributed by atoms with Crippen LogP contribution in [0.3, 0.4) is 0 Å². The van der Waals surface area contributed by atoms with Crippen molar-refractivity contribution in [2.24, 2.45) is 17.1 Å². The van der Waals surface area contributed by atoms with Crippen molar-refractivity contribution < 1.29 is 24.0 Å².